The van der Waals surface area contributed by atoms with Crippen LogP contribution in [0.4, 0.5) is 4.79 Å². The van der Waals surface area contributed by atoms with Gasteiger partial charge in [0.25, 0.3) is 5.91 Å². The average Bonchev–Trinajstić information content (AvgIpc) is 2.77. The fourth-order valence-corrected chi connectivity index (χ4v) is 4.53. The Hall–Kier alpha value is -2.67. The van der Waals surface area contributed by atoms with Gasteiger partial charge >= 0.3 is 6.09 Å². The summed E-state index contributed by atoms with van der Waals surface area (Å²) in [6, 6.07) is 7.88. The molecule has 2 aliphatic rings. The number of morpholine rings is 1. The molecule has 2 aliphatic heterocycles. The standard InChI is InChI=1S/C25H33N3O4/c1-17-14-20(19-6-5-9-28(16-19)24(30)32-25(2,3)4)21-15-18(7-8-22(21)26-17)23(29)27-10-12-31-13-11-27/h7-8,14-15,19H,5-6,9-13,16H2,1-4H3. The van der Waals surface area contributed by atoms with Crippen molar-refractivity contribution in [3.63, 3.8) is 0 Å². The Labute approximate surface area is 189 Å². The molecular weight excluding hydrogens is 406 g/mol. The monoisotopic (exact) mass is 439 g/mol. The molecule has 0 aliphatic carbocycles. The van der Waals surface area contributed by atoms with Crippen LogP contribution in [-0.2, 0) is 9.47 Å². The van der Waals surface area contributed by atoms with Crippen molar-refractivity contribution in [2.45, 2.75) is 52.1 Å². The van der Waals surface area contributed by atoms with Gasteiger partial charge in [-0.1, -0.05) is 0 Å². The number of carbonyl (C=O) groups excluding carboxylic acids is 2. The zero-order valence-electron chi connectivity index (χ0n) is 19.5. The number of fused-ring (bicyclic) bond motifs is 1. The Bertz CT molecular complexity index is 1010. The number of aryl methyl sites for hydroxylation is 1. The molecular formula is C25H33N3O4. The highest BCUT2D eigenvalue weighted by Crippen LogP contribution is 2.33. The second kappa shape index (κ2) is 9.06. The molecule has 172 valence electrons. The second-order valence-electron chi connectivity index (χ2n) is 9.75. The number of amides is 2. The molecule has 1 aromatic heterocycles. The van der Waals surface area contributed by atoms with Crippen LogP contribution in [0.5, 0.6) is 0 Å². The predicted molar refractivity (Wildman–Crippen MR) is 123 cm³/mol. The maximum atomic E-state index is 13.1. The molecule has 32 heavy (non-hydrogen) atoms. The molecule has 0 saturated carbocycles. The van der Waals surface area contributed by atoms with Crippen molar-refractivity contribution >= 4 is 22.9 Å². The number of rotatable bonds is 2. The molecule has 0 bridgehead atoms. The Morgan fingerprint density at radius 1 is 1.09 bits per heavy atom. The van der Waals surface area contributed by atoms with Gasteiger partial charge in [-0.05, 0) is 70.4 Å². The van der Waals surface area contributed by atoms with Crippen LogP contribution in [0.2, 0.25) is 0 Å². The molecule has 2 fully saturated rings. The third-order valence-corrected chi connectivity index (χ3v) is 6.03. The molecule has 7 nitrogen and oxygen atoms in total. The topological polar surface area (TPSA) is 72.0 Å². The van der Waals surface area contributed by atoms with Crippen LogP contribution in [0.15, 0.2) is 24.3 Å². The number of pyridine rings is 1. The van der Waals surface area contributed by atoms with Gasteiger partial charge < -0.3 is 19.3 Å². The van der Waals surface area contributed by atoms with E-state index in [9.17, 15) is 9.59 Å². The van der Waals surface area contributed by atoms with Crippen molar-refractivity contribution in [3.8, 4) is 0 Å². The van der Waals surface area contributed by atoms with Crippen molar-refractivity contribution in [3.05, 3.63) is 41.1 Å². The predicted octanol–water partition coefficient (Wildman–Crippen LogP) is 4.13. The lowest BCUT2D eigenvalue weighted by Crippen LogP contribution is -2.42. The number of piperidine rings is 1. The summed E-state index contributed by atoms with van der Waals surface area (Å²) in [6.45, 7) is 11.3. The van der Waals surface area contributed by atoms with E-state index >= 15 is 0 Å². The van der Waals surface area contributed by atoms with Crippen LogP contribution in [0.3, 0.4) is 0 Å². The molecule has 0 radical (unpaired) electrons. The first kappa shape index (κ1) is 22.5. The molecule has 0 N–H and O–H groups in total. The van der Waals surface area contributed by atoms with Gasteiger partial charge in [0.2, 0.25) is 0 Å². The first-order chi connectivity index (χ1) is 15.2. The summed E-state index contributed by atoms with van der Waals surface area (Å²) in [6.07, 6.45) is 1.64. The quantitative estimate of drug-likeness (QED) is 0.704. The summed E-state index contributed by atoms with van der Waals surface area (Å²) < 4.78 is 11.0. The molecule has 1 atom stereocenters. The highest BCUT2D eigenvalue weighted by molar-refractivity contribution is 5.98. The van der Waals surface area contributed by atoms with Crippen molar-refractivity contribution in [1.82, 2.24) is 14.8 Å². The minimum Gasteiger partial charge on any atom is -0.444 e. The lowest BCUT2D eigenvalue weighted by atomic mass is 9.87. The summed E-state index contributed by atoms with van der Waals surface area (Å²) in [7, 11) is 0. The van der Waals surface area contributed by atoms with Crippen LogP contribution in [0.25, 0.3) is 10.9 Å². The second-order valence-corrected chi connectivity index (χ2v) is 9.75. The molecule has 0 spiro atoms. The van der Waals surface area contributed by atoms with Crippen LogP contribution < -0.4 is 0 Å². The lowest BCUT2D eigenvalue weighted by molar-refractivity contribution is 0.0198. The van der Waals surface area contributed by atoms with Crippen molar-refractivity contribution in [2.75, 3.05) is 39.4 Å². The number of hydrogen-bond donors (Lipinski definition) is 0. The van der Waals surface area contributed by atoms with Gasteiger partial charge in [-0.25, -0.2) is 4.79 Å². The van der Waals surface area contributed by atoms with Crippen molar-refractivity contribution < 1.29 is 19.1 Å². The van der Waals surface area contributed by atoms with Gasteiger partial charge in [-0.15, -0.1) is 0 Å². The summed E-state index contributed by atoms with van der Waals surface area (Å²) >= 11 is 0. The van der Waals surface area contributed by atoms with Crippen LogP contribution in [0.1, 0.15) is 61.1 Å². The van der Waals surface area contributed by atoms with E-state index in [0.29, 0.717) is 45.0 Å². The number of ether oxygens (including phenoxy) is 2. The Kier molecular flexibility index (Phi) is 6.38. The van der Waals surface area contributed by atoms with Gasteiger partial charge in [0.1, 0.15) is 5.60 Å². The van der Waals surface area contributed by atoms with Crippen LogP contribution in [0, 0.1) is 6.92 Å². The summed E-state index contributed by atoms with van der Waals surface area (Å²) in [5, 5.41) is 0.991. The third kappa shape index (κ3) is 5.04. The Morgan fingerprint density at radius 2 is 1.84 bits per heavy atom. The van der Waals surface area contributed by atoms with E-state index in [2.05, 4.69) is 6.07 Å². The number of likely N-dealkylation sites (tertiary alicyclic amines) is 1. The number of carbonyl (C=O) groups is 2. The normalized spacial score (nSPS) is 19.8. The molecule has 2 amide bonds. The average molecular weight is 440 g/mol. The summed E-state index contributed by atoms with van der Waals surface area (Å²) in [5.74, 6) is 0.204. The third-order valence-electron chi connectivity index (χ3n) is 6.03. The minimum atomic E-state index is -0.515. The first-order valence-corrected chi connectivity index (χ1v) is 11.5. The van der Waals surface area contributed by atoms with Gasteiger partial charge in [-0.2, -0.15) is 0 Å². The van der Waals surface area contributed by atoms with E-state index in [0.717, 1.165) is 35.0 Å². The molecule has 1 unspecified atom stereocenters. The molecule has 7 heteroatoms. The highest BCUT2D eigenvalue weighted by Gasteiger charge is 2.29. The first-order valence-electron chi connectivity index (χ1n) is 11.5. The number of hydrogen-bond acceptors (Lipinski definition) is 5. The van der Waals surface area contributed by atoms with Crippen molar-refractivity contribution in [2.24, 2.45) is 0 Å². The van der Waals surface area contributed by atoms with E-state index < -0.39 is 5.60 Å². The summed E-state index contributed by atoms with van der Waals surface area (Å²) in [4.78, 5) is 34.1. The van der Waals surface area contributed by atoms with Gasteiger partial charge in [0.05, 0.1) is 18.7 Å². The SMILES string of the molecule is Cc1cc(C2CCCN(C(=O)OC(C)(C)C)C2)c2cc(C(=O)N3CCOCC3)ccc2n1. The van der Waals surface area contributed by atoms with E-state index in [-0.39, 0.29) is 17.9 Å². The fraction of sp³-hybridized carbons (Fsp3) is 0.560. The minimum absolute atomic E-state index is 0.0285. The van der Waals surface area contributed by atoms with E-state index in [1.807, 2.05) is 55.7 Å². The maximum Gasteiger partial charge on any atom is 0.410 e. The van der Waals surface area contributed by atoms with Crippen molar-refractivity contribution in [1.29, 1.82) is 0 Å². The van der Waals surface area contributed by atoms with Crippen LogP contribution >= 0.6 is 0 Å². The zero-order chi connectivity index (χ0) is 22.9. The number of nitrogens with zero attached hydrogens (tertiary/aromatic N) is 3. The molecule has 2 saturated heterocycles. The largest absolute Gasteiger partial charge is 0.444 e. The maximum absolute atomic E-state index is 13.1. The molecule has 2 aromatic rings. The van der Waals surface area contributed by atoms with E-state index in [1.54, 1.807) is 0 Å². The lowest BCUT2D eigenvalue weighted by Gasteiger charge is -2.34. The van der Waals surface area contributed by atoms with E-state index in [1.165, 1.54) is 0 Å². The molecule has 3 heterocycles. The van der Waals surface area contributed by atoms with Gasteiger partial charge in [0, 0.05) is 48.7 Å². The Balaban J connectivity index is 1.63. The summed E-state index contributed by atoms with van der Waals surface area (Å²) in [5.41, 5.74) is 3.13. The smallest absolute Gasteiger partial charge is 0.410 e. The molecule has 4 rings (SSSR count). The number of aromatic nitrogens is 1. The Morgan fingerprint density at radius 3 is 2.56 bits per heavy atom. The molecule has 1 aromatic carbocycles. The van der Waals surface area contributed by atoms with Gasteiger partial charge in [0.15, 0.2) is 0 Å². The zero-order valence-corrected chi connectivity index (χ0v) is 19.5. The highest BCUT2D eigenvalue weighted by atomic mass is 16.6. The van der Waals surface area contributed by atoms with Crippen LogP contribution in [-0.4, -0.2) is 71.8 Å². The van der Waals surface area contributed by atoms with E-state index in [4.69, 9.17) is 14.5 Å². The number of benzene rings is 1. The van der Waals surface area contributed by atoms with Gasteiger partial charge in [-0.3, -0.25) is 9.78 Å². The fourth-order valence-electron chi connectivity index (χ4n) is 4.53.